The highest BCUT2D eigenvalue weighted by atomic mass is 127. The first-order valence-corrected chi connectivity index (χ1v) is 9.08. The highest BCUT2D eigenvalue weighted by molar-refractivity contribution is 14.0. The van der Waals surface area contributed by atoms with Gasteiger partial charge in [0, 0.05) is 25.6 Å². The van der Waals surface area contributed by atoms with Gasteiger partial charge in [-0.3, -0.25) is 9.79 Å². The summed E-state index contributed by atoms with van der Waals surface area (Å²) in [6.07, 6.45) is 5.88. The van der Waals surface area contributed by atoms with Crippen LogP contribution >= 0.6 is 24.0 Å². The Hall–Kier alpha value is -0.530. The van der Waals surface area contributed by atoms with Crippen molar-refractivity contribution in [3.63, 3.8) is 0 Å². The standard InChI is InChI=1S/C18H35N3O2.HI/c1-6-19-17(21-15-13-14(15)2)20-12-10-8-7-9-11-16(22)23-18(3,4)5;/h14-15H,6-13H2,1-5H3,(H2,19,20,21);1H. The van der Waals surface area contributed by atoms with E-state index in [1.165, 1.54) is 6.42 Å². The molecule has 0 aromatic heterocycles. The zero-order valence-corrected chi connectivity index (χ0v) is 18.3. The third kappa shape index (κ3) is 11.9. The summed E-state index contributed by atoms with van der Waals surface area (Å²) in [6, 6.07) is 0.599. The van der Waals surface area contributed by atoms with Crippen molar-refractivity contribution in [1.29, 1.82) is 0 Å². The number of nitrogens with zero attached hydrogens (tertiary/aromatic N) is 1. The number of halogens is 1. The molecule has 1 rings (SSSR count). The van der Waals surface area contributed by atoms with Crippen LogP contribution in [0.15, 0.2) is 4.99 Å². The Morgan fingerprint density at radius 1 is 1.21 bits per heavy atom. The van der Waals surface area contributed by atoms with Crippen LogP contribution in [0.5, 0.6) is 0 Å². The van der Waals surface area contributed by atoms with Crippen LogP contribution in [0.25, 0.3) is 0 Å². The summed E-state index contributed by atoms with van der Waals surface area (Å²) < 4.78 is 5.30. The van der Waals surface area contributed by atoms with Gasteiger partial charge in [-0.15, -0.1) is 24.0 Å². The number of hydrogen-bond donors (Lipinski definition) is 2. The predicted molar refractivity (Wildman–Crippen MR) is 111 cm³/mol. The van der Waals surface area contributed by atoms with Crippen molar-refractivity contribution in [2.45, 2.75) is 84.8 Å². The maximum absolute atomic E-state index is 11.6. The van der Waals surface area contributed by atoms with Gasteiger partial charge in [0.1, 0.15) is 5.60 Å². The quantitative estimate of drug-likeness (QED) is 0.183. The van der Waals surface area contributed by atoms with Crippen LogP contribution in [0.3, 0.4) is 0 Å². The monoisotopic (exact) mass is 453 g/mol. The maximum atomic E-state index is 11.6. The number of esters is 1. The molecule has 2 atom stereocenters. The van der Waals surface area contributed by atoms with E-state index in [9.17, 15) is 4.79 Å². The molecule has 24 heavy (non-hydrogen) atoms. The first-order valence-electron chi connectivity index (χ1n) is 9.08. The highest BCUT2D eigenvalue weighted by Gasteiger charge is 2.33. The molecule has 1 aliphatic rings. The minimum atomic E-state index is -0.374. The molecule has 0 bridgehead atoms. The second-order valence-corrected chi connectivity index (χ2v) is 7.48. The lowest BCUT2D eigenvalue weighted by Crippen LogP contribution is -2.39. The Bertz CT molecular complexity index is 394. The molecule has 1 fully saturated rings. The maximum Gasteiger partial charge on any atom is 0.306 e. The van der Waals surface area contributed by atoms with E-state index in [4.69, 9.17) is 4.74 Å². The Balaban J connectivity index is 0.00000529. The average Bonchev–Trinajstić information content (AvgIpc) is 3.11. The molecule has 0 aromatic carbocycles. The summed E-state index contributed by atoms with van der Waals surface area (Å²) in [5.41, 5.74) is -0.374. The van der Waals surface area contributed by atoms with Crippen molar-refractivity contribution in [2.75, 3.05) is 13.1 Å². The smallest absolute Gasteiger partial charge is 0.306 e. The minimum absolute atomic E-state index is 0. The van der Waals surface area contributed by atoms with E-state index >= 15 is 0 Å². The van der Waals surface area contributed by atoms with Crippen LogP contribution in [-0.4, -0.2) is 36.7 Å². The van der Waals surface area contributed by atoms with Crippen molar-refractivity contribution < 1.29 is 9.53 Å². The number of carbonyl (C=O) groups excluding carboxylic acids is 1. The van der Waals surface area contributed by atoms with Gasteiger partial charge in [-0.25, -0.2) is 0 Å². The molecule has 0 aliphatic heterocycles. The second kappa shape index (κ2) is 11.9. The van der Waals surface area contributed by atoms with Crippen molar-refractivity contribution in [1.82, 2.24) is 10.6 Å². The molecular weight excluding hydrogens is 417 g/mol. The molecule has 1 aliphatic carbocycles. The molecule has 2 N–H and O–H groups in total. The number of unbranched alkanes of at least 4 members (excludes halogenated alkanes) is 3. The highest BCUT2D eigenvalue weighted by Crippen LogP contribution is 2.28. The first-order chi connectivity index (χ1) is 10.8. The number of nitrogens with one attached hydrogen (secondary N) is 2. The Morgan fingerprint density at radius 3 is 2.38 bits per heavy atom. The van der Waals surface area contributed by atoms with Gasteiger partial charge in [-0.1, -0.05) is 19.8 Å². The number of carbonyl (C=O) groups is 1. The molecule has 5 nitrogen and oxygen atoms in total. The van der Waals surface area contributed by atoms with Gasteiger partial charge in [-0.2, -0.15) is 0 Å². The van der Waals surface area contributed by atoms with Crippen molar-refractivity contribution in [3.05, 3.63) is 0 Å². The third-order valence-electron chi connectivity index (χ3n) is 3.75. The number of hydrogen-bond acceptors (Lipinski definition) is 3. The van der Waals surface area contributed by atoms with E-state index in [0.29, 0.717) is 12.5 Å². The fourth-order valence-corrected chi connectivity index (χ4v) is 2.34. The number of rotatable bonds is 9. The molecule has 0 amide bonds. The second-order valence-electron chi connectivity index (χ2n) is 7.48. The summed E-state index contributed by atoms with van der Waals surface area (Å²) in [5.74, 6) is 1.62. The van der Waals surface area contributed by atoms with E-state index in [1.807, 2.05) is 20.8 Å². The number of ether oxygens (including phenoxy) is 1. The van der Waals surface area contributed by atoms with Crippen LogP contribution < -0.4 is 10.6 Å². The Kier molecular flexibility index (Phi) is 11.7. The van der Waals surface area contributed by atoms with Gasteiger partial charge >= 0.3 is 5.97 Å². The molecule has 0 radical (unpaired) electrons. The summed E-state index contributed by atoms with van der Waals surface area (Å²) in [6.45, 7) is 11.8. The van der Waals surface area contributed by atoms with Crippen molar-refractivity contribution in [2.24, 2.45) is 10.9 Å². The molecule has 0 aromatic rings. The van der Waals surface area contributed by atoms with Crippen LogP contribution in [0.4, 0.5) is 0 Å². The van der Waals surface area contributed by atoms with Gasteiger partial charge in [0.25, 0.3) is 0 Å². The fraction of sp³-hybridized carbons (Fsp3) is 0.889. The van der Waals surface area contributed by atoms with Gasteiger partial charge in [-0.05, 0) is 52.9 Å². The van der Waals surface area contributed by atoms with E-state index in [0.717, 1.165) is 50.7 Å². The van der Waals surface area contributed by atoms with Gasteiger partial charge in [0.15, 0.2) is 5.96 Å². The van der Waals surface area contributed by atoms with E-state index in [1.54, 1.807) is 0 Å². The lowest BCUT2D eigenvalue weighted by Gasteiger charge is -2.19. The number of aliphatic imine (C=N–C) groups is 1. The van der Waals surface area contributed by atoms with Crippen LogP contribution in [0, 0.1) is 5.92 Å². The topological polar surface area (TPSA) is 62.7 Å². The number of guanidine groups is 1. The molecule has 6 heteroatoms. The molecule has 1 saturated carbocycles. The summed E-state index contributed by atoms with van der Waals surface area (Å²) in [7, 11) is 0. The molecular formula is C18H36IN3O2. The van der Waals surface area contributed by atoms with Crippen LogP contribution in [0.2, 0.25) is 0 Å². The van der Waals surface area contributed by atoms with E-state index in [2.05, 4.69) is 29.5 Å². The van der Waals surface area contributed by atoms with E-state index < -0.39 is 0 Å². The molecule has 0 saturated heterocycles. The zero-order valence-electron chi connectivity index (χ0n) is 16.0. The predicted octanol–water partition coefficient (Wildman–Crippen LogP) is 3.86. The lowest BCUT2D eigenvalue weighted by atomic mass is 10.1. The summed E-state index contributed by atoms with van der Waals surface area (Å²) in [5, 5.41) is 6.75. The van der Waals surface area contributed by atoms with E-state index in [-0.39, 0.29) is 35.5 Å². The zero-order chi connectivity index (χ0) is 17.3. The first kappa shape index (κ1) is 23.5. The Morgan fingerprint density at radius 2 is 1.83 bits per heavy atom. The largest absolute Gasteiger partial charge is 0.460 e. The SMILES string of the molecule is CCNC(=NCCCCCCC(=O)OC(C)(C)C)NC1CC1C.I. The lowest BCUT2D eigenvalue weighted by molar-refractivity contribution is -0.154. The fourth-order valence-electron chi connectivity index (χ4n) is 2.34. The molecule has 0 spiro atoms. The van der Waals surface area contributed by atoms with Gasteiger partial charge < -0.3 is 15.4 Å². The third-order valence-corrected chi connectivity index (χ3v) is 3.75. The minimum Gasteiger partial charge on any atom is -0.460 e. The molecule has 0 heterocycles. The normalized spacial score (nSPS) is 20.1. The molecule has 2 unspecified atom stereocenters. The summed E-state index contributed by atoms with van der Waals surface area (Å²) in [4.78, 5) is 16.2. The Labute approximate surface area is 164 Å². The molecule has 142 valence electrons. The van der Waals surface area contributed by atoms with Crippen LogP contribution in [-0.2, 0) is 9.53 Å². The summed E-state index contributed by atoms with van der Waals surface area (Å²) >= 11 is 0. The van der Waals surface area contributed by atoms with Gasteiger partial charge in [0.2, 0.25) is 0 Å². The van der Waals surface area contributed by atoms with Crippen molar-refractivity contribution in [3.8, 4) is 0 Å². The average molecular weight is 453 g/mol. The van der Waals surface area contributed by atoms with Gasteiger partial charge in [0.05, 0.1) is 0 Å². The van der Waals surface area contributed by atoms with Crippen LogP contribution in [0.1, 0.15) is 73.1 Å². The van der Waals surface area contributed by atoms with Crippen molar-refractivity contribution >= 4 is 35.9 Å².